The van der Waals surface area contributed by atoms with Gasteiger partial charge in [0.05, 0.1) is 25.5 Å². The molecule has 0 bridgehead atoms. The fourth-order valence-corrected chi connectivity index (χ4v) is 2.71. The molecule has 1 aliphatic heterocycles. The van der Waals surface area contributed by atoms with Crippen molar-refractivity contribution in [3.63, 3.8) is 0 Å². The van der Waals surface area contributed by atoms with Gasteiger partial charge in [0.25, 0.3) is 0 Å². The van der Waals surface area contributed by atoms with E-state index in [-0.39, 0.29) is 12.1 Å². The number of methoxy groups -OCH3 is 1. The van der Waals surface area contributed by atoms with Crippen LogP contribution < -0.4 is 10.1 Å². The molecule has 1 aliphatic rings. The van der Waals surface area contributed by atoms with Crippen LogP contribution in [0.2, 0.25) is 0 Å². The Morgan fingerprint density at radius 2 is 2.37 bits per heavy atom. The first kappa shape index (κ1) is 14.3. The van der Waals surface area contributed by atoms with E-state index < -0.39 is 0 Å². The van der Waals surface area contributed by atoms with E-state index in [0.29, 0.717) is 6.04 Å². The predicted molar refractivity (Wildman–Crippen MR) is 74.6 cm³/mol. The molecule has 1 saturated heterocycles. The van der Waals surface area contributed by atoms with E-state index in [9.17, 15) is 0 Å². The second-order valence-corrected chi connectivity index (χ2v) is 5.22. The molecule has 5 nitrogen and oxygen atoms in total. The highest BCUT2D eigenvalue weighted by atomic mass is 16.5. The first-order valence-corrected chi connectivity index (χ1v) is 7.15. The molecule has 0 aliphatic carbocycles. The Kier molecular flexibility index (Phi) is 4.82. The lowest BCUT2D eigenvalue weighted by molar-refractivity contribution is 0.0746. The number of rotatable bonds is 6. The molecule has 0 radical (unpaired) electrons. The summed E-state index contributed by atoms with van der Waals surface area (Å²) < 4.78 is 13.4. The Hall–Kier alpha value is -1.07. The maximum atomic E-state index is 5.87. The van der Waals surface area contributed by atoms with Crippen LogP contribution in [0, 0.1) is 0 Å². The first-order valence-electron chi connectivity index (χ1n) is 7.15. The van der Waals surface area contributed by atoms with Crippen LogP contribution in [-0.4, -0.2) is 36.1 Å². The van der Waals surface area contributed by atoms with E-state index in [2.05, 4.69) is 31.2 Å². The summed E-state index contributed by atoms with van der Waals surface area (Å²) in [7, 11) is 1.70. The van der Waals surface area contributed by atoms with Crippen molar-refractivity contribution < 1.29 is 9.47 Å². The van der Waals surface area contributed by atoms with E-state index in [4.69, 9.17) is 9.47 Å². The minimum atomic E-state index is 0.146. The van der Waals surface area contributed by atoms with E-state index >= 15 is 0 Å². The van der Waals surface area contributed by atoms with Gasteiger partial charge in [-0.3, -0.25) is 4.68 Å². The number of nitrogens with zero attached hydrogens (tertiary/aromatic N) is 2. The molecule has 0 amide bonds. The van der Waals surface area contributed by atoms with Gasteiger partial charge >= 0.3 is 0 Å². The zero-order valence-electron chi connectivity index (χ0n) is 12.3. The standard InChI is InChI=1S/C14H25N3O2/c1-5-15-13(11-7-6-8-19-11)14-12(18-4)9-16-17(14)10(2)3/h9-11,13,15H,5-8H2,1-4H3. The Morgan fingerprint density at radius 3 is 2.89 bits per heavy atom. The third-order valence-electron chi connectivity index (χ3n) is 3.56. The van der Waals surface area contributed by atoms with Crippen molar-refractivity contribution in [2.24, 2.45) is 0 Å². The minimum Gasteiger partial charge on any atom is -0.493 e. The van der Waals surface area contributed by atoms with Gasteiger partial charge < -0.3 is 14.8 Å². The predicted octanol–water partition coefficient (Wildman–Crippen LogP) is 2.30. The molecule has 1 N–H and O–H groups in total. The first-order chi connectivity index (χ1) is 9.19. The lowest BCUT2D eigenvalue weighted by Gasteiger charge is -2.26. The second-order valence-electron chi connectivity index (χ2n) is 5.22. The minimum absolute atomic E-state index is 0.146. The molecule has 0 spiro atoms. The molecule has 2 unspecified atom stereocenters. The van der Waals surface area contributed by atoms with Crippen molar-refractivity contribution in [2.75, 3.05) is 20.3 Å². The van der Waals surface area contributed by atoms with Crippen LogP contribution in [-0.2, 0) is 4.74 Å². The van der Waals surface area contributed by atoms with Gasteiger partial charge in [0.1, 0.15) is 5.69 Å². The molecule has 0 aromatic carbocycles. The molecule has 1 aromatic rings. The van der Waals surface area contributed by atoms with E-state index in [1.807, 2.05) is 4.68 Å². The lowest BCUT2D eigenvalue weighted by Crippen LogP contribution is -2.34. The highest BCUT2D eigenvalue weighted by Crippen LogP contribution is 2.33. The fraction of sp³-hybridized carbons (Fsp3) is 0.786. The molecule has 2 atom stereocenters. The maximum absolute atomic E-state index is 5.87. The average molecular weight is 267 g/mol. The van der Waals surface area contributed by atoms with Gasteiger partial charge in [0, 0.05) is 12.6 Å². The number of aromatic nitrogens is 2. The quantitative estimate of drug-likeness (QED) is 0.859. The molecule has 5 heteroatoms. The number of nitrogens with one attached hydrogen (secondary N) is 1. The van der Waals surface area contributed by atoms with Crippen molar-refractivity contribution >= 4 is 0 Å². The SMILES string of the molecule is CCNC(c1c(OC)cnn1C(C)C)C1CCCO1. The largest absolute Gasteiger partial charge is 0.493 e. The van der Waals surface area contributed by atoms with Crippen molar-refractivity contribution in [1.82, 2.24) is 15.1 Å². The van der Waals surface area contributed by atoms with Crippen LogP contribution >= 0.6 is 0 Å². The van der Waals surface area contributed by atoms with Crippen LogP contribution in [0.3, 0.4) is 0 Å². The number of ether oxygens (including phenoxy) is 2. The third-order valence-corrected chi connectivity index (χ3v) is 3.56. The summed E-state index contributed by atoms with van der Waals surface area (Å²) in [5, 5.41) is 7.99. The lowest BCUT2D eigenvalue weighted by atomic mass is 10.0. The molecular weight excluding hydrogens is 242 g/mol. The van der Waals surface area contributed by atoms with Gasteiger partial charge in [0.2, 0.25) is 0 Å². The zero-order valence-corrected chi connectivity index (χ0v) is 12.3. The molecule has 2 rings (SSSR count). The second kappa shape index (κ2) is 6.39. The van der Waals surface area contributed by atoms with Crippen molar-refractivity contribution in [3.05, 3.63) is 11.9 Å². The summed E-state index contributed by atoms with van der Waals surface area (Å²) in [5.41, 5.74) is 1.10. The number of likely N-dealkylation sites (N-methyl/N-ethyl adjacent to an activating group) is 1. The molecular formula is C14H25N3O2. The normalized spacial score (nSPS) is 21.0. The van der Waals surface area contributed by atoms with Gasteiger partial charge in [-0.05, 0) is 33.2 Å². The van der Waals surface area contributed by atoms with E-state index in [1.54, 1.807) is 13.3 Å². The molecule has 2 heterocycles. The summed E-state index contributed by atoms with van der Waals surface area (Å²) in [6.45, 7) is 8.13. The van der Waals surface area contributed by atoms with Crippen LogP contribution in [0.1, 0.15) is 51.4 Å². The van der Waals surface area contributed by atoms with Crippen molar-refractivity contribution in [2.45, 2.75) is 51.8 Å². The smallest absolute Gasteiger partial charge is 0.161 e. The Bertz CT molecular complexity index is 397. The topological polar surface area (TPSA) is 48.3 Å². The Balaban J connectivity index is 2.35. The van der Waals surface area contributed by atoms with Gasteiger partial charge in [-0.2, -0.15) is 5.10 Å². The maximum Gasteiger partial charge on any atom is 0.161 e. The number of hydrogen-bond acceptors (Lipinski definition) is 4. The van der Waals surface area contributed by atoms with Gasteiger partial charge in [0.15, 0.2) is 5.75 Å². The molecule has 108 valence electrons. The molecule has 0 saturated carbocycles. The van der Waals surface area contributed by atoms with Crippen LogP contribution in [0.25, 0.3) is 0 Å². The van der Waals surface area contributed by atoms with Crippen LogP contribution in [0.5, 0.6) is 5.75 Å². The van der Waals surface area contributed by atoms with Gasteiger partial charge in [-0.25, -0.2) is 0 Å². The molecule has 1 aromatic heterocycles. The van der Waals surface area contributed by atoms with Gasteiger partial charge in [-0.15, -0.1) is 0 Å². The van der Waals surface area contributed by atoms with E-state index in [1.165, 1.54) is 0 Å². The number of hydrogen-bond donors (Lipinski definition) is 1. The summed E-state index contributed by atoms with van der Waals surface area (Å²) in [6, 6.07) is 0.453. The molecule has 1 fully saturated rings. The van der Waals surface area contributed by atoms with Crippen LogP contribution in [0.15, 0.2) is 6.20 Å². The third kappa shape index (κ3) is 2.92. The summed E-state index contributed by atoms with van der Waals surface area (Å²) in [5.74, 6) is 0.843. The summed E-state index contributed by atoms with van der Waals surface area (Å²) in [6.07, 6.45) is 4.23. The van der Waals surface area contributed by atoms with Crippen LogP contribution in [0.4, 0.5) is 0 Å². The highest BCUT2D eigenvalue weighted by molar-refractivity contribution is 5.30. The average Bonchev–Trinajstić information content (AvgIpc) is 3.04. The van der Waals surface area contributed by atoms with Crippen molar-refractivity contribution in [1.29, 1.82) is 0 Å². The van der Waals surface area contributed by atoms with Gasteiger partial charge in [-0.1, -0.05) is 6.92 Å². The summed E-state index contributed by atoms with van der Waals surface area (Å²) >= 11 is 0. The Morgan fingerprint density at radius 1 is 1.58 bits per heavy atom. The summed E-state index contributed by atoms with van der Waals surface area (Å²) in [4.78, 5) is 0. The molecule has 19 heavy (non-hydrogen) atoms. The fourth-order valence-electron chi connectivity index (χ4n) is 2.71. The Labute approximate surface area is 115 Å². The monoisotopic (exact) mass is 267 g/mol. The highest BCUT2D eigenvalue weighted by Gasteiger charge is 2.32. The zero-order chi connectivity index (χ0) is 13.8. The van der Waals surface area contributed by atoms with Crippen molar-refractivity contribution in [3.8, 4) is 5.75 Å². The van der Waals surface area contributed by atoms with E-state index in [0.717, 1.165) is 37.4 Å².